The van der Waals surface area contributed by atoms with Crippen LogP contribution in [0.5, 0.6) is 0 Å². The number of amides is 3. The molecule has 0 saturated heterocycles. The van der Waals surface area contributed by atoms with Gasteiger partial charge >= 0.3 is 0 Å². The molecule has 3 amide bonds. The summed E-state index contributed by atoms with van der Waals surface area (Å²) in [5.74, 6) is 0.628. The van der Waals surface area contributed by atoms with Gasteiger partial charge in [0.25, 0.3) is 0 Å². The number of hydrogen-bond acceptors (Lipinski definition) is 3. The van der Waals surface area contributed by atoms with Crippen molar-refractivity contribution in [2.75, 3.05) is 14.7 Å². The van der Waals surface area contributed by atoms with Crippen molar-refractivity contribution < 1.29 is 14.4 Å². The lowest BCUT2D eigenvalue weighted by atomic mass is 9.80. The summed E-state index contributed by atoms with van der Waals surface area (Å²) in [6.45, 7) is 0. The van der Waals surface area contributed by atoms with Gasteiger partial charge in [-0.2, -0.15) is 0 Å². The van der Waals surface area contributed by atoms with E-state index < -0.39 is 0 Å². The Morgan fingerprint density at radius 1 is 0.353 bits per heavy atom. The maximum Gasteiger partial charge on any atom is 0.230 e. The fourth-order valence-electron chi connectivity index (χ4n) is 9.82. The molecule has 51 heavy (non-hydrogen) atoms. The number of benzene rings is 3. The second-order valence-corrected chi connectivity index (χ2v) is 15.8. The van der Waals surface area contributed by atoms with E-state index >= 15 is 0 Å². The topological polar surface area (TPSA) is 60.9 Å². The summed E-state index contributed by atoms with van der Waals surface area (Å²) in [6, 6.07) is 30.1. The first kappa shape index (κ1) is 35.5. The first-order valence-electron chi connectivity index (χ1n) is 20.2. The first-order valence-corrected chi connectivity index (χ1v) is 20.2. The van der Waals surface area contributed by atoms with Crippen molar-refractivity contribution in [2.45, 2.75) is 134 Å². The molecule has 0 N–H and O–H groups in total. The number of rotatable bonds is 9. The van der Waals surface area contributed by atoms with Gasteiger partial charge in [-0.15, -0.1) is 0 Å². The van der Waals surface area contributed by atoms with Crippen LogP contribution in [0.25, 0.3) is 0 Å². The molecule has 0 spiro atoms. The molecule has 4 aliphatic carbocycles. The molecule has 6 nitrogen and oxygen atoms in total. The van der Waals surface area contributed by atoms with Crippen LogP contribution in [0, 0.1) is 17.8 Å². The summed E-state index contributed by atoms with van der Waals surface area (Å²) >= 11 is 0. The Bertz CT molecular complexity index is 1370. The predicted octanol–water partition coefficient (Wildman–Crippen LogP) is 10.1. The monoisotopic (exact) mass is 687 g/mol. The van der Waals surface area contributed by atoms with Crippen molar-refractivity contribution in [1.82, 2.24) is 0 Å². The van der Waals surface area contributed by atoms with Crippen LogP contribution in [0.4, 0.5) is 17.1 Å². The third-order valence-electron chi connectivity index (χ3n) is 12.4. The summed E-state index contributed by atoms with van der Waals surface area (Å²) in [6.07, 6.45) is 17.7. The minimum Gasteiger partial charge on any atom is -0.309 e. The van der Waals surface area contributed by atoms with Gasteiger partial charge in [0.1, 0.15) is 0 Å². The van der Waals surface area contributed by atoms with E-state index in [1.807, 2.05) is 54.6 Å². The van der Waals surface area contributed by atoms with Crippen molar-refractivity contribution in [2.24, 2.45) is 17.8 Å². The van der Waals surface area contributed by atoms with Crippen molar-refractivity contribution >= 4 is 34.8 Å². The lowest BCUT2D eigenvalue weighted by Crippen LogP contribution is -2.59. The van der Waals surface area contributed by atoms with Gasteiger partial charge in [-0.1, -0.05) is 112 Å². The average molecular weight is 688 g/mol. The van der Waals surface area contributed by atoms with E-state index in [2.05, 4.69) is 51.1 Å². The van der Waals surface area contributed by atoms with Crippen LogP contribution in [0.3, 0.4) is 0 Å². The zero-order chi connectivity index (χ0) is 35.0. The third-order valence-corrected chi connectivity index (χ3v) is 12.4. The number of nitrogens with zero attached hydrogens (tertiary/aromatic N) is 3. The molecule has 0 heterocycles. The van der Waals surface area contributed by atoms with Crippen LogP contribution < -0.4 is 14.7 Å². The van der Waals surface area contributed by atoms with Crippen LogP contribution in [-0.4, -0.2) is 35.8 Å². The molecule has 0 aliphatic heterocycles. The fraction of sp³-hybridized carbons (Fsp3) is 0.533. The Morgan fingerprint density at radius 2 is 0.588 bits per heavy atom. The summed E-state index contributed by atoms with van der Waals surface area (Å²) in [5.41, 5.74) is 2.77. The maximum absolute atomic E-state index is 14.8. The number of para-hydroxylation sites is 3. The van der Waals surface area contributed by atoms with Gasteiger partial charge in [0, 0.05) is 52.9 Å². The molecule has 3 aromatic carbocycles. The zero-order valence-corrected chi connectivity index (χ0v) is 30.4. The molecule has 6 heteroatoms. The van der Waals surface area contributed by atoms with Gasteiger partial charge in [-0.05, 0) is 94.2 Å². The van der Waals surface area contributed by atoms with E-state index in [4.69, 9.17) is 0 Å². The minimum atomic E-state index is -0.165. The van der Waals surface area contributed by atoms with Gasteiger partial charge in [0.15, 0.2) is 0 Å². The Morgan fingerprint density at radius 3 is 0.824 bits per heavy atom. The van der Waals surface area contributed by atoms with Crippen molar-refractivity contribution in [3.05, 3.63) is 91.0 Å². The molecule has 4 fully saturated rings. The summed E-state index contributed by atoms with van der Waals surface area (Å²) in [7, 11) is 0. The molecule has 0 aromatic heterocycles. The number of anilines is 3. The highest BCUT2D eigenvalue weighted by Gasteiger charge is 2.45. The van der Waals surface area contributed by atoms with Gasteiger partial charge in [-0.3, -0.25) is 14.4 Å². The second kappa shape index (κ2) is 17.1. The Balaban J connectivity index is 1.33. The van der Waals surface area contributed by atoms with E-state index in [-0.39, 0.29) is 53.6 Å². The standard InChI is InChI=1S/C45H57N3O3/c49-43(34-19-7-1-8-20-34)46(37-25-13-4-14-26-37)40-31-41(47(38-27-15-5-16-28-38)44(50)35-21-9-2-10-22-35)33-42(32-40)48(39-29-17-6-18-30-39)45(51)36-23-11-3-12-24-36/h4-6,13-18,25-30,34-36,40-42H,1-3,7-12,19-24,31-33H2. The van der Waals surface area contributed by atoms with Crippen molar-refractivity contribution in [3.63, 3.8) is 0 Å². The highest BCUT2D eigenvalue weighted by Crippen LogP contribution is 2.41. The molecule has 0 radical (unpaired) electrons. The molecule has 0 bridgehead atoms. The van der Waals surface area contributed by atoms with Crippen molar-refractivity contribution in [1.29, 1.82) is 0 Å². The van der Waals surface area contributed by atoms with E-state index in [1.54, 1.807) is 0 Å². The molecule has 7 rings (SSSR count). The third kappa shape index (κ3) is 8.26. The smallest absolute Gasteiger partial charge is 0.230 e. The molecule has 0 atom stereocenters. The fourth-order valence-corrected chi connectivity index (χ4v) is 9.82. The quantitative estimate of drug-likeness (QED) is 0.225. The maximum atomic E-state index is 14.8. The molecule has 0 unspecified atom stereocenters. The van der Waals surface area contributed by atoms with Crippen LogP contribution in [0.2, 0.25) is 0 Å². The largest absolute Gasteiger partial charge is 0.309 e. The van der Waals surface area contributed by atoms with E-state index in [0.29, 0.717) is 19.3 Å². The van der Waals surface area contributed by atoms with Gasteiger partial charge < -0.3 is 14.7 Å². The van der Waals surface area contributed by atoms with Gasteiger partial charge in [0.05, 0.1) is 0 Å². The SMILES string of the molecule is O=C(C1CCCCC1)N(c1ccccc1)C1CC(N(C(=O)C2CCCCC2)c2ccccc2)CC(N(C(=O)C2CCCCC2)c2ccccc2)C1. The van der Waals surface area contributed by atoms with Crippen LogP contribution >= 0.6 is 0 Å². The van der Waals surface area contributed by atoms with Crippen LogP contribution in [0.1, 0.15) is 116 Å². The summed E-state index contributed by atoms with van der Waals surface area (Å²) in [5, 5.41) is 0. The lowest BCUT2D eigenvalue weighted by molar-refractivity contribution is -0.124. The Kier molecular flexibility index (Phi) is 11.9. The molecule has 270 valence electrons. The number of carbonyl (C=O) groups is 3. The Hall–Kier alpha value is -3.93. The van der Waals surface area contributed by atoms with E-state index in [1.165, 1.54) is 19.3 Å². The summed E-state index contributed by atoms with van der Waals surface area (Å²) < 4.78 is 0. The molecule has 3 aromatic rings. The summed E-state index contributed by atoms with van der Waals surface area (Å²) in [4.78, 5) is 50.8. The molecule has 4 saturated carbocycles. The average Bonchev–Trinajstić information content (AvgIpc) is 3.20. The zero-order valence-electron chi connectivity index (χ0n) is 30.4. The highest BCUT2D eigenvalue weighted by molar-refractivity contribution is 5.98. The highest BCUT2D eigenvalue weighted by atomic mass is 16.2. The van der Waals surface area contributed by atoms with Crippen LogP contribution in [-0.2, 0) is 14.4 Å². The Labute approximate surface area is 305 Å². The van der Waals surface area contributed by atoms with Crippen LogP contribution in [0.15, 0.2) is 91.0 Å². The normalized spacial score (nSPS) is 23.6. The minimum absolute atomic E-state index is 0.000905. The lowest BCUT2D eigenvalue weighted by Gasteiger charge is -2.49. The molecular weight excluding hydrogens is 631 g/mol. The van der Waals surface area contributed by atoms with Crippen molar-refractivity contribution in [3.8, 4) is 0 Å². The van der Waals surface area contributed by atoms with E-state index in [9.17, 15) is 14.4 Å². The van der Waals surface area contributed by atoms with E-state index in [0.717, 1.165) is 94.1 Å². The second-order valence-electron chi connectivity index (χ2n) is 15.8. The molecular formula is C45H57N3O3. The van der Waals surface area contributed by atoms with Gasteiger partial charge in [0.2, 0.25) is 17.7 Å². The number of carbonyl (C=O) groups excluding carboxylic acids is 3. The number of hydrogen-bond donors (Lipinski definition) is 0. The predicted molar refractivity (Wildman–Crippen MR) is 207 cm³/mol. The first-order chi connectivity index (χ1) is 25.1. The van der Waals surface area contributed by atoms with Gasteiger partial charge in [-0.25, -0.2) is 0 Å². The molecule has 4 aliphatic rings.